The van der Waals surface area contributed by atoms with Crippen molar-refractivity contribution in [2.45, 2.75) is 38.8 Å². The van der Waals surface area contributed by atoms with Gasteiger partial charge in [-0.3, -0.25) is 9.59 Å². The minimum absolute atomic E-state index is 0.111. The average molecular weight is 402 g/mol. The van der Waals surface area contributed by atoms with E-state index in [4.69, 9.17) is 4.74 Å². The van der Waals surface area contributed by atoms with Crippen LogP contribution in [0.2, 0.25) is 0 Å². The second-order valence-electron chi connectivity index (χ2n) is 8.06. The Labute approximate surface area is 169 Å². The summed E-state index contributed by atoms with van der Waals surface area (Å²) in [6, 6.07) is 7.17. The van der Waals surface area contributed by atoms with Crippen LogP contribution in [-0.4, -0.2) is 71.6 Å². The van der Waals surface area contributed by atoms with E-state index < -0.39 is 29.7 Å². The number of nitrogens with one attached hydrogen (secondary N) is 1. The van der Waals surface area contributed by atoms with Gasteiger partial charge in [-0.2, -0.15) is 0 Å². The number of piperazine rings is 1. The van der Waals surface area contributed by atoms with Crippen LogP contribution in [0.5, 0.6) is 0 Å². The van der Waals surface area contributed by atoms with E-state index in [0.29, 0.717) is 31.9 Å². The number of nitrogens with zero attached hydrogens (tertiary/aromatic N) is 3. The number of imide groups is 1. The van der Waals surface area contributed by atoms with Crippen molar-refractivity contribution in [3.63, 3.8) is 0 Å². The fraction of sp³-hybridized carbons (Fsp3) is 0.500. The lowest BCUT2D eigenvalue weighted by atomic mass is 10.1. The quantitative estimate of drug-likeness (QED) is 0.774. The Bertz CT molecular complexity index is 797. The highest BCUT2D eigenvalue weighted by Gasteiger charge is 2.41. The van der Waals surface area contributed by atoms with Gasteiger partial charge in [0.2, 0.25) is 5.91 Å². The van der Waals surface area contributed by atoms with E-state index in [1.54, 1.807) is 60.9 Å². The molecule has 156 valence electrons. The third-order valence-electron chi connectivity index (χ3n) is 4.70. The molecule has 2 fully saturated rings. The molecule has 2 saturated heterocycles. The molecule has 1 aromatic rings. The Morgan fingerprint density at radius 1 is 1.03 bits per heavy atom. The summed E-state index contributed by atoms with van der Waals surface area (Å²) in [5.41, 5.74) is -0.105. The third kappa shape index (κ3) is 4.85. The van der Waals surface area contributed by atoms with E-state index in [1.165, 1.54) is 0 Å². The van der Waals surface area contributed by atoms with Crippen LogP contribution in [0.25, 0.3) is 0 Å². The number of urea groups is 1. The predicted molar refractivity (Wildman–Crippen MR) is 105 cm³/mol. The highest BCUT2D eigenvalue weighted by atomic mass is 16.6. The Morgan fingerprint density at radius 3 is 2.21 bits per heavy atom. The molecule has 1 unspecified atom stereocenters. The molecule has 2 aliphatic heterocycles. The molecular formula is C20H26N4O5. The van der Waals surface area contributed by atoms with E-state index in [1.807, 2.05) is 0 Å². The molecule has 1 atom stereocenters. The minimum Gasteiger partial charge on any atom is -0.444 e. The number of rotatable bonds is 3. The first-order valence-corrected chi connectivity index (χ1v) is 9.61. The average Bonchev–Trinajstić information content (AvgIpc) is 2.94. The smallest absolute Gasteiger partial charge is 0.410 e. The van der Waals surface area contributed by atoms with Crippen LogP contribution in [0.4, 0.5) is 15.3 Å². The molecule has 9 nitrogen and oxygen atoms in total. The molecule has 3 rings (SSSR count). The van der Waals surface area contributed by atoms with Crippen LogP contribution in [0.3, 0.4) is 0 Å². The number of carbonyl (C=O) groups is 4. The molecule has 0 bridgehead atoms. The monoisotopic (exact) mass is 402 g/mol. The van der Waals surface area contributed by atoms with Crippen molar-refractivity contribution in [3.05, 3.63) is 30.3 Å². The molecule has 0 spiro atoms. The number of amides is 5. The Hall–Kier alpha value is -3.10. The summed E-state index contributed by atoms with van der Waals surface area (Å²) in [5, 5.41) is 2.58. The number of ether oxygens (including phenoxy) is 1. The number of carbonyl (C=O) groups excluding carboxylic acids is 4. The maximum Gasteiger partial charge on any atom is 0.410 e. The van der Waals surface area contributed by atoms with Crippen molar-refractivity contribution < 1.29 is 23.9 Å². The maximum atomic E-state index is 12.6. The van der Waals surface area contributed by atoms with Gasteiger partial charge in [-0.15, -0.1) is 0 Å². The second-order valence-corrected chi connectivity index (χ2v) is 8.06. The Balaban J connectivity index is 1.53. The highest BCUT2D eigenvalue weighted by Crippen LogP contribution is 2.21. The number of para-hydroxylation sites is 1. The van der Waals surface area contributed by atoms with Gasteiger partial charge in [-0.05, 0) is 32.9 Å². The Kier molecular flexibility index (Phi) is 5.76. The fourth-order valence-electron chi connectivity index (χ4n) is 3.26. The van der Waals surface area contributed by atoms with E-state index in [2.05, 4.69) is 5.32 Å². The summed E-state index contributed by atoms with van der Waals surface area (Å²) in [4.78, 5) is 53.8. The first-order chi connectivity index (χ1) is 13.7. The molecule has 9 heteroatoms. The van der Waals surface area contributed by atoms with Crippen LogP contribution in [-0.2, 0) is 14.3 Å². The zero-order chi connectivity index (χ0) is 21.2. The van der Waals surface area contributed by atoms with Crippen LogP contribution in [0.1, 0.15) is 27.2 Å². The lowest BCUT2D eigenvalue weighted by Crippen LogP contribution is -2.52. The van der Waals surface area contributed by atoms with Crippen molar-refractivity contribution >= 4 is 29.6 Å². The van der Waals surface area contributed by atoms with Gasteiger partial charge in [-0.25, -0.2) is 14.5 Å². The fourth-order valence-corrected chi connectivity index (χ4v) is 3.26. The molecular weight excluding hydrogens is 376 g/mol. The van der Waals surface area contributed by atoms with E-state index in [0.717, 1.165) is 4.90 Å². The second kappa shape index (κ2) is 8.10. The minimum atomic E-state index is -0.890. The van der Waals surface area contributed by atoms with E-state index >= 15 is 0 Å². The summed E-state index contributed by atoms with van der Waals surface area (Å²) in [6.07, 6.45) is -0.512. The standard InChI is InChI=1S/C20H26N4O5/c1-20(2,3)29-19(28)23-11-9-22(10-12-23)16(25)13-15-17(26)24(18(27)21-15)14-7-5-4-6-8-14/h4-8,15H,9-13H2,1-3H3,(H,21,27). The predicted octanol–water partition coefficient (Wildman–Crippen LogP) is 1.58. The van der Waals surface area contributed by atoms with Gasteiger partial charge in [0.05, 0.1) is 12.1 Å². The van der Waals surface area contributed by atoms with Gasteiger partial charge in [0.1, 0.15) is 11.6 Å². The van der Waals surface area contributed by atoms with Crippen molar-refractivity contribution in [2.75, 3.05) is 31.1 Å². The number of anilines is 1. The van der Waals surface area contributed by atoms with Gasteiger partial charge in [-0.1, -0.05) is 18.2 Å². The van der Waals surface area contributed by atoms with Gasteiger partial charge in [0.25, 0.3) is 5.91 Å². The van der Waals surface area contributed by atoms with Crippen molar-refractivity contribution in [1.82, 2.24) is 15.1 Å². The summed E-state index contributed by atoms with van der Waals surface area (Å²) in [7, 11) is 0. The normalized spacial score (nSPS) is 20.0. The third-order valence-corrected chi connectivity index (χ3v) is 4.70. The summed E-state index contributed by atoms with van der Waals surface area (Å²) < 4.78 is 5.35. The molecule has 0 aliphatic carbocycles. The molecule has 1 N–H and O–H groups in total. The molecule has 0 aromatic heterocycles. The zero-order valence-corrected chi connectivity index (χ0v) is 16.9. The topological polar surface area (TPSA) is 99.3 Å². The molecule has 2 aliphatic rings. The first kappa shape index (κ1) is 20.6. The first-order valence-electron chi connectivity index (χ1n) is 9.61. The van der Waals surface area contributed by atoms with Crippen LogP contribution in [0.15, 0.2) is 30.3 Å². The molecule has 2 heterocycles. The van der Waals surface area contributed by atoms with Crippen LogP contribution in [0, 0.1) is 0 Å². The largest absolute Gasteiger partial charge is 0.444 e. The van der Waals surface area contributed by atoms with Crippen molar-refractivity contribution in [3.8, 4) is 0 Å². The number of hydrogen-bond acceptors (Lipinski definition) is 5. The van der Waals surface area contributed by atoms with Gasteiger partial charge < -0.3 is 19.9 Å². The van der Waals surface area contributed by atoms with Gasteiger partial charge >= 0.3 is 12.1 Å². The van der Waals surface area contributed by atoms with Crippen molar-refractivity contribution in [2.24, 2.45) is 0 Å². The van der Waals surface area contributed by atoms with Gasteiger partial charge in [0, 0.05) is 26.2 Å². The van der Waals surface area contributed by atoms with Crippen molar-refractivity contribution in [1.29, 1.82) is 0 Å². The molecule has 5 amide bonds. The van der Waals surface area contributed by atoms with E-state index in [9.17, 15) is 19.2 Å². The number of hydrogen-bond donors (Lipinski definition) is 1. The highest BCUT2D eigenvalue weighted by molar-refractivity contribution is 6.22. The lowest BCUT2D eigenvalue weighted by Gasteiger charge is -2.35. The molecule has 29 heavy (non-hydrogen) atoms. The number of benzene rings is 1. The molecule has 0 radical (unpaired) electrons. The lowest BCUT2D eigenvalue weighted by molar-refractivity contribution is -0.135. The molecule has 1 aromatic carbocycles. The summed E-state index contributed by atoms with van der Waals surface area (Å²) >= 11 is 0. The maximum absolute atomic E-state index is 12.6. The van der Waals surface area contributed by atoms with Crippen LogP contribution >= 0.6 is 0 Å². The van der Waals surface area contributed by atoms with Crippen LogP contribution < -0.4 is 10.2 Å². The Morgan fingerprint density at radius 2 is 1.62 bits per heavy atom. The summed E-state index contributed by atoms with van der Waals surface area (Å²) in [6.45, 7) is 6.84. The molecule has 0 saturated carbocycles. The van der Waals surface area contributed by atoms with Gasteiger partial charge in [0.15, 0.2) is 0 Å². The summed E-state index contributed by atoms with van der Waals surface area (Å²) in [5.74, 6) is -0.677. The SMILES string of the molecule is CC(C)(C)OC(=O)N1CCN(C(=O)CC2NC(=O)N(c3ccccc3)C2=O)CC1. The zero-order valence-electron chi connectivity index (χ0n) is 16.9. The van der Waals surface area contributed by atoms with E-state index in [-0.39, 0.29) is 12.3 Å².